The summed E-state index contributed by atoms with van der Waals surface area (Å²) in [4.78, 5) is 18.4. The zero-order chi connectivity index (χ0) is 19.7. The smallest absolute Gasteiger partial charge is 0.277 e. The normalized spacial score (nSPS) is 18.7. The molecule has 7 heteroatoms. The number of para-hydroxylation sites is 1. The Morgan fingerprint density at radius 2 is 2.11 bits per heavy atom. The lowest BCUT2D eigenvalue weighted by Crippen LogP contribution is -2.47. The van der Waals surface area contributed by atoms with Crippen LogP contribution in [0, 0.1) is 5.92 Å². The fourth-order valence-corrected chi connectivity index (χ4v) is 4.72. The molecule has 6 nitrogen and oxygen atoms in total. The number of fused-ring (bicyclic) bond motifs is 1. The van der Waals surface area contributed by atoms with Crippen LogP contribution in [0.2, 0.25) is 0 Å². The van der Waals surface area contributed by atoms with E-state index in [2.05, 4.69) is 36.0 Å². The number of likely N-dealkylation sites (tertiary alicyclic amines) is 1. The SMILES string of the molecule is CC(C)[C@@H](Sc1nnc(-c2c[nH]c3ccccc23)o1)C(=O)N1CCCC[C@@H]1C. The van der Waals surface area contributed by atoms with Crippen LogP contribution < -0.4 is 0 Å². The molecule has 0 bridgehead atoms. The molecule has 1 aliphatic rings. The van der Waals surface area contributed by atoms with Gasteiger partial charge in [0.25, 0.3) is 11.1 Å². The van der Waals surface area contributed by atoms with Gasteiger partial charge in [0, 0.05) is 29.7 Å². The number of thioether (sulfide) groups is 1. The van der Waals surface area contributed by atoms with Gasteiger partial charge in [0.05, 0.1) is 10.8 Å². The number of rotatable bonds is 5. The van der Waals surface area contributed by atoms with E-state index in [1.165, 1.54) is 18.2 Å². The van der Waals surface area contributed by atoms with E-state index in [1.807, 2.05) is 35.4 Å². The lowest BCUT2D eigenvalue weighted by molar-refractivity contribution is -0.134. The minimum absolute atomic E-state index is 0.176. The van der Waals surface area contributed by atoms with E-state index in [4.69, 9.17) is 4.42 Å². The molecule has 148 valence electrons. The molecule has 3 heterocycles. The Hall–Kier alpha value is -2.28. The molecule has 28 heavy (non-hydrogen) atoms. The monoisotopic (exact) mass is 398 g/mol. The lowest BCUT2D eigenvalue weighted by atomic mass is 10.0. The lowest BCUT2D eigenvalue weighted by Gasteiger charge is -2.36. The van der Waals surface area contributed by atoms with Crippen molar-refractivity contribution >= 4 is 28.6 Å². The molecule has 1 amide bonds. The second kappa shape index (κ2) is 7.99. The van der Waals surface area contributed by atoms with Gasteiger partial charge in [-0.1, -0.05) is 43.8 Å². The first kappa shape index (κ1) is 19.1. The van der Waals surface area contributed by atoms with Crippen molar-refractivity contribution in [1.29, 1.82) is 0 Å². The predicted octanol–water partition coefficient (Wildman–Crippen LogP) is 4.74. The zero-order valence-electron chi connectivity index (χ0n) is 16.5. The van der Waals surface area contributed by atoms with Crippen molar-refractivity contribution in [3.05, 3.63) is 30.5 Å². The summed E-state index contributed by atoms with van der Waals surface area (Å²) in [7, 11) is 0. The Morgan fingerprint density at radius 3 is 2.89 bits per heavy atom. The third-order valence-corrected chi connectivity index (χ3v) is 6.76. The Bertz CT molecular complexity index is 964. The third-order valence-electron chi connectivity index (χ3n) is 5.39. The van der Waals surface area contributed by atoms with Gasteiger partial charge in [0.1, 0.15) is 0 Å². The standard InChI is InChI=1S/C21H26N4O2S/c1-13(2)18(20(26)25-11-7-6-8-14(25)3)28-21-24-23-19(27-21)16-12-22-17-10-5-4-9-15(16)17/h4-5,9-10,12-14,18,22H,6-8,11H2,1-3H3/t14-,18+/m0/s1. The Labute approximate surface area is 169 Å². The number of nitrogens with one attached hydrogen (secondary N) is 1. The zero-order valence-corrected chi connectivity index (χ0v) is 17.3. The summed E-state index contributed by atoms with van der Waals surface area (Å²) < 4.78 is 5.93. The summed E-state index contributed by atoms with van der Waals surface area (Å²) in [5, 5.41) is 9.69. The van der Waals surface area contributed by atoms with Gasteiger partial charge in [0.2, 0.25) is 5.91 Å². The molecule has 0 saturated carbocycles. The van der Waals surface area contributed by atoms with Gasteiger partial charge in [-0.3, -0.25) is 4.79 Å². The quantitative estimate of drug-likeness (QED) is 0.629. The van der Waals surface area contributed by atoms with Crippen LogP contribution >= 0.6 is 11.8 Å². The molecule has 0 spiro atoms. The average molecular weight is 399 g/mol. The highest BCUT2D eigenvalue weighted by Gasteiger charge is 2.33. The van der Waals surface area contributed by atoms with Crippen LogP contribution in [0.5, 0.6) is 0 Å². The van der Waals surface area contributed by atoms with Crippen molar-refractivity contribution < 1.29 is 9.21 Å². The summed E-state index contributed by atoms with van der Waals surface area (Å²) >= 11 is 1.38. The molecule has 1 saturated heterocycles. The average Bonchev–Trinajstić information content (AvgIpc) is 3.32. The minimum Gasteiger partial charge on any atom is -0.411 e. The second-order valence-corrected chi connectivity index (χ2v) is 8.87. The molecule has 4 rings (SSSR count). The number of nitrogens with zero attached hydrogens (tertiary/aromatic N) is 3. The molecule has 2 aromatic heterocycles. The van der Waals surface area contributed by atoms with E-state index in [0.29, 0.717) is 17.2 Å². The number of carbonyl (C=O) groups excluding carboxylic acids is 1. The Morgan fingerprint density at radius 1 is 1.29 bits per heavy atom. The number of amides is 1. The summed E-state index contributed by atoms with van der Waals surface area (Å²) in [6.07, 6.45) is 5.23. The highest BCUT2D eigenvalue weighted by molar-refractivity contribution is 8.00. The fraction of sp³-hybridized carbons (Fsp3) is 0.476. The number of benzene rings is 1. The molecule has 0 aliphatic carbocycles. The number of hydrogen-bond acceptors (Lipinski definition) is 5. The van der Waals surface area contributed by atoms with Crippen molar-refractivity contribution in [1.82, 2.24) is 20.1 Å². The summed E-state index contributed by atoms with van der Waals surface area (Å²) in [6, 6.07) is 8.30. The van der Waals surface area contributed by atoms with Gasteiger partial charge in [-0.25, -0.2) is 0 Å². The number of H-pyrrole nitrogens is 1. The first-order valence-corrected chi connectivity index (χ1v) is 10.8. The number of carbonyl (C=O) groups is 1. The Balaban J connectivity index is 1.55. The topological polar surface area (TPSA) is 75.0 Å². The first-order chi connectivity index (χ1) is 13.5. The van der Waals surface area contributed by atoms with E-state index in [1.54, 1.807) is 0 Å². The van der Waals surface area contributed by atoms with Crippen molar-refractivity contribution in [2.24, 2.45) is 5.92 Å². The molecule has 0 radical (unpaired) electrons. The van der Waals surface area contributed by atoms with E-state index in [9.17, 15) is 4.79 Å². The van der Waals surface area contributed by atoms with Gasteiger partial charge >= 0.3 is 0 Å². The molecule has 1 aliphatic heterocycles. The van der Waals surface area contributed by atoms with Crippen molar-refractivity contribution in [2.45, 2.75) is 56.5 Å². The largest absolute Gasteiger partial charge is 0.411 e. The molecule has 0 unspecified atom stereocenters. The molecule has 1 N–H and O–H groups in total. The van der Waals surface area contributed by atoms with E-state index in [-0.39, 0.29) is 17.1 Å². The van der Waals surface area contributed by atoms with Crippen molar-refractivity contribution in [2.75, 3.05) is 6.54 Å². The summed E-state index contributed by atoms with van der Waals surface area (Å²) in [5.41, 5.74) is 1.91. The molecular formula is C21H26N4O2S. The van der Waals surface area contributed by atoms with Gasteiger partial charge in [-0.15, -0.1) is 10.2 Å². The van der Waals surface area contributed by atoms with Crippen LogP contribution in [0.4, 0.5) is 0 Å². The van der Waals surface area contributed by atoms with Crippen LogP contribution in [0.15, 0.2) is 40.1 Å². The summed E-state index contributed by atoms with van der Waals surface area (Å²) in [5.74, 6) is 0.829. The van der Waals surface area contributed by atoms with Crippen molar-refractivity contribution in [3.63, 3.8) is 0 Å². The predicted molar refractivity (Wildman–Crippen MR) is 111 cm³/mol. The maximum absolute atomic E-state index is 13.2. The van der Waals surface area contributed by atoms with Crippen LogP contribution in [0.1, 0.15) is 40.0 Å². The van der Waals surface area contributed by atoms with Gasteiger partial charge in [-0.05, 0) is 38.2 Å². The van der Waals surface area contributed by atoms with Gasteiger partial charge < -0.3 is 14.3 Å². The van der Waals surface area contributed by atoms with Crippen LogP contribution in [0.3, 0.4) is 0 Å². The molecule has 1 aromatic carbocycles. The Kier molecular flexibility index (Phi) is 5.44. The molecular weight excluding hydrogens is 372 g/mol. The number of hydrogen-bond donors (Lipinski definition) is 1. The fourth-order valence-electron chi connectivity index (χ4n) is 3.78. The molecule has 1 fully saturated rings. The summed E-state index contributed by atoms with van der Waals surface area (Å²) in [6.45, 7) is 7.12. The maximum Gasteiger partial charge on any atom is 0.277 e. The van der Waals surface area contributed by atoms with Crippen molar-refractivity contribution in [3.8, 4) is 11.5 Å². The van der Waals surface area contributed by atoms with E-state index < -0.39 is 0 Å². The maximum atomic E-state index is 13.2. The molecule has 2 atom stereocenters. The third kappa shape index (κ3) is 3.68. The highest BCUT2D eigenvalue weighted by Crippen LogP contribution is 2.34. The van der Waals surface area contributed by atoms with Crippen LogP contribution in [-0.4, -0.2) is 43.8 Å². The highest BCUT2D eigenvalue weighted by atomic mass is 32.2. The first-order valence-electron chi connectivity index (χ1n) is 9.91. The minimum atomic E-state index is -0.225. The molecule has 3 aromatic rings. The van der Waals surface area contributed by atoms with Crippen LogP contribution in [0.25, 0.3) is 22.4 Å². The van der Waals surface area contributed by atoms with Crippen LogP contribution in [-0.2, 0) is 4.79 Å². The number of aromatic amines is 1. The van der Waals surface area contributed by atoms with E-state index in [0.717, 1.165) is 35.9 Å². The number of aromatic nitrogens is 3. The van der Waals surface area contributed by atoms with E-state index >= 15 is 0 Å². The second-order valence-electron chi connectivity index (χ2n) is 7.78. The van der Waals surface area contributed by atoms with Gasteiger partial charge in [-0.2, -0.15) is 0 Å². The number of piperidine rings is 1. The van der Waals surface area contributed by atoms with Gasteiger partial charge in [0.15, 0.2) is 0 Å².